The molecule has 0 unspecified atom stereocenters. The van der Waals surface area contributed by atoms with Crippen LogP contribution in [0.15, 0.2) is 0 Å². The number of piperidine rings is 1. The summed E-state index contributed by atoms with van der Waals surface area (Å²) in [4.78, 5) is 13.4. The van der Waals surface area contributed by atoms with E-state index in [1.807, 2.05) is 18.7 Å². The van der Waals surface area contributed by atoms with Crippen LogP contribution < -0.4 is 0 Å². The molecule has 0 spiro atoms. The monoisotopic (exact) mass is 203 g/mol. The van der Waals surface area contributed by atoms with Crippen LogP contribution in [0.25, 0.3) is 0 Å². The van der Waals surface area contributed by atoms with Crippen molar-refractivity contribution >= 4 is 25.8 Å². The summed E-state index contributed by atoms with van der Waals surface area (Å²) in [6.07, 6.45) is 2.86. The van der Waals surface area contributed by atoms with E-state index in [4.69, 9.17) is 11.1 Å². The standard InChI is InChI=1S/C8H14ClNOSi/c1-8(2,12-9)10-6-4-3-5-7(10)11/h3-6H2,1-2H3. The quantitative estimate of drug-likeness (QED) is 0.493. The van der Waals surface area contributed by atoms with Crippen LogP contribution in [0.3, 0.4) is 0 Å². The number of rotatable bonds is 2. The Kier molecular flexibility index (Phi) is 3.18. The molecule has 0 N–H and O–H groups in total. The number of nitrogens with zero attached hydrogens (tertiary/aromatic N) is 1. The Morgan fingerprint density at radius 2 is 2.17 bits per heavy atom. The molecule has 4 heteroatoms. The van der Waals surface area contributed by atoms with Gasteiger partial charge in [0.2, 0.25) is 14.7 Å². The number of hydrogen-bond donors (Lipinski definition) is 0. The lowest BCUT2D eigenvalue weighted by atomic mass is 10.1. The van der Waals surface area contributed by atoms with Gasteiger partial charge >= 0.3 is 0 Å². The lowest BCUT2D eigenvalue weighted by molar-refractivity contribution is -0.136. The minimum atomic E-state index is -0.140. The van der Waals surface area contributed by atoms with Crippen molar-refractivity contribution in [3.05, 3.63) is 0 Å². The van der Waals surface area contributed by atoms with Crippen LogP contribution >= 0.6 is 11.1 Å². The Labute approximate surface area is 80.8 Å². The van der Waals surface area contributed by atoms with Crippen molar-refractivity contribution in [2.45, 2.75) is 38.3 Å². The van der Waals surface area contributed by atoms with Crippen molar-refractivity contribution in [3.8, 4) is 0 Å². The Hall–Kier alpha value is -0.0231. The van der Waals surface area contributed by atoms with Crippen molar-refractivity contribution in [1.29, 1.82) is 0 Å². The van der Waals surface area contributed by atoms with Crippen molar-refractivity contribution in [2.24, 2.45) is 0 Å². The molecule has 1 aliphatic heterocycles. The number of likely N-dealkylation sites (tertiary alicyclic amines) is 1. The second-order valence-corrected chi connectivity index (χ2v) is 5.64. The summed E-state index contributed by atoms with van der Waals surface area (Å²) in [5.41, 5.74) is 0. The zero-order valence-corrected chi connectivity index (χ0v) is 9.32. The molecule has 2 radical (unpaired) electrons. The second-order valence-electron chi connectivity index (χ2n) is 3.66. The van der Waals surface area contributed by atoms with E-state index in [0.29, 0.717) is 6.42 Å². The smallest absolute Gasteiger partial charge is 0.222 e. The molecule has 0 saturated carbocycles. The Balaban J connectivity index is 2.65. The zero-order chi connectivity index (χ0) is 9.19. The molecule has 12 heavy (non-hydrogen) atoms. The van der Waals surface area contributed by atoms with Crippen molar-refractivity contribution in [1.82, 2.24) is 4.90 Å². The first-order chi connectivity index (χ1) is 5.58. The van der Waals surface area contributed by atoms with Crippen molar-refractivity contribution in [2.75, 3.05) is 6.54 Å². The van der Waals surface area contributed by atoms with Gasteiger partial charge in [-0.2, -0.15) is 11.1 Å². The largest absolute Gasteiger partial charge is 0.339 e. The van der Waals surface area contributed by atoms with Gasteiger partial charge in [0.05, 0.1) is 0 Å². The SMILES string of the molecule is CC(C)([Si]Cl)N1CCCCC1=O. The summed E-state index contributed by atoms with van der Waals surface area (Å²) >= 11 is 5.83. The average molecular weight is 204 g/mol. The van der Waals surface area contributed by atoms with Gasteiger partial charge in [0.25, 0.3) is 0 Å². The van der Waals surface area contributed by atoms with Crippen LogP contribution in [-0.2, 0) is 4.79 Å². The van der Waals surface area contributed by atoms with Gasteiger partial charge < -0.3 is 4.90 Å². The number of halogens is 1. The molecule has 0 bridgehead atoms. The van der Waals surface area contributed by atoms with Crippen LogP contribution in [0.2, 0.25) is 0 Å². The minimum Gasteiger partial charge on any atom is -0.339 e. The molecule has 1 fully saturated rings. The predicted molar refractivity (Wildman–Crippen MR) is 51.3 cm³/mol. The molecular weight excluding hydrogens is 190 g/mol. The van der Waals surface area contributed by atoms with Gasteiger partial charge in [-0.15, -0.1) is 0 Å². The molecule has 0 aromatic rings. The first-order valence-electron chi connectivity index (χ1n) is 4.26. The molecule has 68 valence electrons. The molecule has 1 saturated heterocycles. The van der Waals surface area contributed by atoms with Crippen LogP contribution in [-0.4, -0.2) is 31.3 Å². The van der Waals surface area contributed by atoms with Crippen molar-refractivity contribution < 1.29 is 4.79 Å². The molecule has 0 aromatic heterocycles. The molecule has 1 amide bonds. The molecule has 0 aromatic carbocycles. The fourth-order valence-electron chi connectivity index (χ4n) is 1.45. The highest BCUT2D eigenvalue weighted by Crippen LogP contribution is 2.21. The van der Waals surface area contributed by atoms with E-state index in [1.165, 1.54) is 0 Å². The van der Waals surface area contributed by atoms with Crippen LogP contribution in [0.5, 0.6) is 0 Å². The first-order valence-corrected chi connectivity index (χ1v) is 6.27. The van der Waals surface area contributed by atoms with Gasteiger partial charge in [-0.3, -0.25) is 4.79 Å². The van der Waals surface area contributed by atoms with Crippen LogP contribution in [0.4, 0.5) is 0 Å². The predicted octanol–water partition coefficient (Wildman–Crippen LogP) is 1.59. The fourth-order valence-corrected chi connectivity index (χ4v) is 2.09. The minimum absolute atomic E-state index is 0.140. The lowest BCUT2D eigenvalue weighted by Gasteiger charge is -2.39. The maximum atomic E-state index is 11.5. The summed E-state index contributed by atoms with van der Waals surface area (Å²) in [6.45, 7) is 4.94. The molecule has 1 aliphatic rings. The second kappa shape index (κ2) is 3.79. The first kappa shape index (κ1) is 10.1. The maximum absolute atomic E-state index is 11.5. The van der Waals surface area contributed by atoms with Gasteiger partial charge in [0.15, 0.2) is 0 Å². The summed E-state index contributed by atoms with van der Waals surface area (Å²) in [7, 11) is 0.279. The third-order valence-electron chi connectivity index (χ3n) is 2.23. The third kappa shape index (κ3) is 2.01. The van der Waals surface area contributed by atoms with Gasteiger partial charge in [-0.25, -0.2) is 0 Å². The van der Waals surface area contributed by atoms with E-state index in [0.717, 1.165) is 19.4 Å². The van der Waals surface area contributed by atoms with E-state index >= 15 is 0 Å². The normalized spacial score (nSPS) is 19.9. The Morgan fingerprint density at radius 3 is 2.67 bits per heavy atom. The summed E-state index contributed by atoms with van der Waals surface area (Å²) in [6, 6.07) is 0. The molecule has 2 nitrogen and oxygen atoms in total. The van der Waals surface area contributed by atoms with E-state index in [9.17, 15) is 4.79 Å². The summed E-state index contributed by atoms with van der Waals surface area (Å²) in [5.74, 6) is 0.263. The Morgan fingerprint density at radius 1 is 1.50 bits per heavy atom. The zero-order valence-electron chi connectivity index (χ0n) is 7.56. The van der Waals surface area contributed by atoms with Crippen molar-refractivity contribution in [3.63, 3.8) is 0 Å². The topological polar surface area (TPSA) is 20.3 Å². The van der Waals surface area contributed by atoms with E-state index in [-0.39, 0.29) is 19.9 Å². The van der Waals surface area contributed by atoms with Gasteiger partial charge in [-0.1, -0.05) is 0 Å². The van der Waals surface area contributed by atoms with E-state index in [2.05, 4.69) is 0 Å². The summed E-state index contributed by atoms with van der Waals surface area (Å²) in [5, 5.41) is -0.140. The molecule has 1 heterocycles. The molecule has 1 rings (SSSR count). The highest BCUT2D eigenvalue weighted by Gasteiger charge is 2.32. The number of amides is 1. The van der Waals surface area contributed by atoms with E-state index < -0.39 is 0 Å². The van der Waals surface area contributed by atoms with Crippen LogP contribution in [0.1, 0.15) is 33.1 Å². The number of carbonyl (C=O) groups excluding carboxylic acids is 1. The van der Waals surface area contributed by atoms with Gasteiger partial charge in [0, 0.05) is 18.1 Å². The van der Waals surface area contributed by atoms with Gasteiger partial charge in [-0.05, 0) is 26.7 Å². The average Bonchev–Trinajstić information content (AvgIpc) is 2.05. The molecule has 0 aliphatic carbocycles. The lowest BCUT2D eigenvalue weighted by Crippen LogP contribution is -2.52. The molecule has 0 atom stereocenters. The maximum Gasteiger partial charge on any atom is 0.222 e. The highest BCUT2D eigenvalue weighted by molar-refractivity contribution is 6.95. The number of hydrogen-bond acceptors (Lipinski definition) is 1. The highest BCUT2D eigenvalue weighted by atomic mass is 35.6. The fraction of sp³-hybridized carbons (Fsp3) is 0.875. The van der Waals surface area contributed by atoms with E-state index in [1.54, 1.807) is 0 Å². The Bertz CT molecular complexity index is 184. The third-order valence-corrected chi connectivity index (χ3v) is 4.35. The van der Waals surface area contributed by atoms with Gasteiger partial charge in [0.1, 0.15) is 0 Å². The number of carbonyl (C=O) groups is 1. The molecular formula is C8H14ClNOSi. The summed E-state index contributed by atoms with van der Waals surface area (Å²) < 4.78 is 0. The van der Waals surface area contributed by atoms with Crippen LogP contribution in [0, 0.1) is 0 Å².